The fourth-order valence-corrected chi connectivity index (χ4v) is 1.29. The molecule has 2 N–H and O–H groups in total. The average Bonchev–Trinajstić information content (AvgIpc) is 2.65. The zero-order valence-corrected chi connectivity index (χ0v) is 8.36. The van der Waals surface area contributed by atoms with Crippen molar-refractivity contribution < 1.29 is 14.3 Å². The van der Waals surface area contributed by atoms with Crippen LogP contribution in [0.2, 0.25) is 0 Å². The summed E-state index contributed by atoms with van der Waals surface area (Å²) in [6.45, 7) is 3.71. The number of furan rings is 1. The van der Waals surface area contributed by atoms with Crippen molar-refractivity contribution in [1.82, 2.24) is 5.32 Å². The normalized spacial score (nSPS) is 15.0. The zero-order chi connectivity index (χ0) is 10.6. The number of hydrogen-bond donors (Lipinski definition) is 2. The summed E-state index contributed by atoms with van der Waals surface area (Å²) in [5.74, 6) is -0.0735. The summed E-state index contributed by atoms with van der Waals surface area (Å²) in [4.78, 5) is 10.7. The highest BCUT2D eigenvalue weighted by molar-refractivity contribution is 5.73. The van der Waals surface area contributed by atoms with Crippen LogP contribution in [-0.2, 0) is 4.79 Å². The van der Waals surface area contributed by atoms with Crippen LogP contribution in [0.1, 0.15) is 32.1 Å². The van der Waals surface area contributed by atoms with Gasteiger partial charge in [0.1, 0.15) is 11.8 Å². The van der Waals surface area contributed by atoms with Crippen LogP contribution in [0.3, 0.4) is 0 Å². The third-order valence-corrected chi connectivity index (χ3v) is 2.13. The van der Waals surface area contributed by atoms with Gasteiger partial charge in [-0.05, 0) is 25.5 Å². The number of aliphatic carboxylic acids is 1. The van der Waals surface area contributed by atoms with E-state index in [1.807, 2.05) is 19.9 Å². The van der Waals surface area contributed by atoms with E-state index in [9.17, 15) is 4.79 Å². The van der Waals surface area contributed by atoms with Gasteiger partial charge in [-0.1, -0.05) is 6.92 Å². The Bertz CT molecular complexity index is 282. The van der Waals surface area contributed by atoms with E-state index in [2.05, 4.69) is 5.32 Å². The molecule has 0 fully saturated rings. The molecular formula is C10H15NO3. The van der Waals surface area contributed by atoms with Crippen molar-refractivity contribution in [3.05, 3.63) is 24.2 Å². The predicted octanol–water partition coefficient (Wildman–Crippen LogP) is 1.79. The van der Waals surface area contributed by atoms with Crippen molar-refractivity contribution in [2.24, 2.45) is 0 Å². The summed E-state index contributed by atoms with van der Waals surface area (Å²) >= 11 is 0. The summed E-state index contributed by atoms with van der Waals surface area (Å²) in [6, 6.07) is 3.02. The quantitative estimate of drug-likeness (QED) is 0.755. The molecule has 1 aromatic heterocycles. The Kier molecular flexibility index (Phi) is 3.71. The van der Waals surface area contributed by atoms with E-state index in [-0.39, 0.29) is 6.04 Å². The second-order valence-corrected chi connectivity index (χ2v) is 3.20. The monoisotopic (exact) mass is 197 g/mol. The largest absolute Gasteiger partial charge is 0.480 e. The van der Waals surface area contributed by atoms with E-state index < -0.39 is 12.0 Å². The number of carbonyl (C=O) groups is 1. The molecule has 14 heavy (non-hydrogen) atoms. The molecule has 1 rings (SSSR count). The Balaban J connectivity index is 2.55. The van der Waals surface area contributed by atoms with Gasteiger partial charge in [-0.15, -0.1) is 0 Å². The molecule has 0 bridgehead atoms. The molecule has 0 aromatic carbocycles. The van der Waals surface area contributed by atoms with Crippen molar-refractivity contribution in [3.63, 3.8) is 0 Å². The van der Waals surface area contributed by atoms with Crippen molar-refractivity contribution in [2.75, 3.05) is 0 Å². The van der Waals surface area contributed by atoms with Crippen molar-refractivity contribution in [1.29, 1.82) is 0 Å². The SMILES string of the molecule is CCC(N[C@H](C)c1ccco1)C(=O)O. The number of hydrogen-bond acceptors (Lipinski definition) is 3. The third kappa shape index (κ3) is 2.60. The number of rotatable bonds is 5. The first-order chi connectivity index (χ1) is 6.65. The van der Waals surface area contributed by atoms with Gasteiger partial charge >= 0.3 is 5.97 Å². The van der Waals surface area contributed by atoms with Gasteiger partial charge in [-0.25, -0.2) is 0 Å². The van der Waals surface area contributed by atoms with Crippen LogP contribution in [0.5, 0.6) is 0 Å². The molecule has 0 radical (unpaired) electrons. The minimum Gasteiger partial charge on any atom is -0.480 e. The average molecular weight is 197 g/mol. The van der Waals surface area contributed by atoms with E-state index in [0.29, 0.717) is 6.42 Å². The molecule has 4 heteroatoms. The second-order valence-electron chi connectivity index (χ2n) is 3.20. The second kappa shape index (κ2) is 4.81. The van der Waals surface area contributed by atoms with Gasteiger partial charge in [-0.2, -0.15) is 0 Å². The van der Waals surface area contributed by atoms with Crippen molar-refractivity contribution in [3.8, 4) is 0 Å². The molecule has 1 heterocycles. The van der Waals surface area contributed by atoms with Crippen LogP contribution in [0.15, 0.2) is 22.8 Å². The molecule has 0 spiro atoms. The summed E-state index contributed by atoms with van der Waals surface area (Å²) in [7, 11) is 0. The maximum atomic E-state index is 10.7. The number of carboxylic acids is 1. The van der Waals surface area contributed by atoms with E-state index in [0.717, 1.165) is 5.76 Å². The van der Waals surface area contributed by atoms with Crippen LogP contribution in [0.4, 0.5) is 0 Å². The third-order valence-electron chi connectivity index (χ3n) is 2.13. The van der Waals surface area contributed by atoms with Gasteiger partial charge in [0.15, 0.2) is 0 Å². The first-order valence-electron chi connectivity index (χ1n) is 4.67. The van der Waals surface area contributed by atoms with Crippen molar-refractivity contribution in [2.45, 2.75) is 32.4 Å². The van der Waals surface area contributed by atoms with Crippen molar-refractivity contribution >= 4 is 5.97 Å². The minimum absolute atomic E-state index is 0.0777. The lowest BCUT2D eigenvalue weighted by Crippen LogP contribution is -2.37. The van der Waals surface area contributed by atoms with Crippen LogP contribution in [0, 0.1) is 0 Å². The Labute approximate surface area is 82.9 Å². The minimum atomic E-state index is -0.828. The molecule has 2 atom stereocenters. The molecule has 0 aliphatic rings. The van der Waals surface area contributed by atoms with Gasteiger partial charge in [0, 0.05) is 0 Å². The van der Waals surface area contributed by atoms with Crippen LogP contribution < -0.4 is 5.32 Å². The molecule has 1 unspecified atom stereocenters. The predicted molar refractivity (Wildman–Crippen MR) is 52.0 cm³/mol. The Morgan fingerprint density at radius 3 is 2.86 bits per heavy atom. The molecule has 0 aliphatic heterocycles. The van der Waals surface area contributed by atoms with Gasteiger partial charge in [0.05, 0.1) is 12.3 Å². The smallest absolute Gasteiger partial charge is 0.320 e. The number of nitrogens with one attached hydrogen (secondary N) is 1. The summed E-state index contributed by atoms with van der Waals surface area (Å²) in [6.07, 6.45) is 2.13. The highest BCUT2D eigenvalue weighted by atomic mass is 16.4. The molecule has 0 amide bonds. The number of carboxylic acid groups (broad SMARTS) is 1. The maximum Gasteiger partial charge on any atom is 0.320 e. The lowest BCUT2D eigenvalue weighted by molar-refractivity contribution is -0.139. The maximum absolute atomic E-state index is 10.7. The Hall–Kier alpha value is -1.29. The Morgan fingerprint density at radius 1 is 1.71 bits per heavy atom. The summed E-state index contributed by atoms with van der Waals surface area (Å²) in [5.41, 5.74) is 0. The highest BCUT2D eigenvalue weighted by Gasteiger charge is 2.18. The van der Waals surface area contributed by atoms with E-state index in [1.54, 1.807) is 12.3 Å². The molecule has 0 aliphatic carbocycles. The summed E-state index contributed by atoms with van der Waals surface area (Å²) in [5, 5.41) is 11.8. The molecule has 4 nitrogen and oxygen atoms in total. The molecule has 0 saturated carbocycles. The van der Waals surface area contributed by atoms with Gasteiger partial charge < -0.3 is 9.52 Å². The first-order valence-corrected chi connectivity index (χ1v) is 4.67. The van der Waals surface area contributed by atoms with E-state index in [1.165, 1.54) is 0 Å². The molecule has 1 aromatic rings. The lowest BCUT2D eigenvalue weighted by atomic mass is 10.1. The zero-order valence-electron chi connectivity index (χ0n) is 8.36. The first kappa shape index (κ1) is 10.8. The highest BCUT2D eigenvalue weighted by Crippen LogP contribution is 2.13. The van der Waals surface area contributed by atoms with Gasteiger partial charge in [0.2, 0.25) is 0 Å². The fourth-order valence-electron chi connectivity index (χ4n) is 1.29. The van der Waals surface area contributed by atoms with Gasteiger partial charge in [0.25, 0.3) is 0 Å². The Morgan fingerprint density at radius 2 is 2.43 bits per heavy atom. The topological polar surface area (TPSA) is 62.5 Å². The molecule has 78 valence electrons. The van der Waals surface area contributed by atoms with E-state index >= 15 is 0 Å². The van der Waals surface area contributed by atoms with Crippen LogP contribution >= 0.6 is 0 Å². The molecular weight excluding hydrogens is 182 g/mol. The molecule has 0 saturated heterocycles. The van der Waals surface area contributed by atoms with E-state index in [4.69, 9.17) is 9.52 Å². The summed E-state index contributed by atoms with van der Waals surface area (Å²) < 4.78 is 5.16. The van der Waals surface area contributed by atoms with Gasteiger partial charge in [-0.3, -0.25) is 10.1 Å². The van der Waals surface area contributed by atoms with Crippen LogP contribution in [0.25, 0.3) is 0 Å². The fraction of sp³-hybridized carbons (Fsp3) is 0.500. The lowest BCUT2D eigenvalue weighted by Gasteiger charge is -2.16. The standard InChI is InChI=1S/C10H15NO3/c1-3-8(10(12)13)11-7(2)9-5-4-6-14-9/h4-8,11H,3H2,1-2H3,(H,12,13)/t7-,8?/m1/s1. The van der Waals surface area contributed by atoms with Crippen LogP contribution in [-0.4, -0.2) is 17.1 Å².